The number of carbonyl (C=O) groups is 2. The Morgan fingerprint density at radius 1 is 1.30 bits per heavy atom. The molecule has 0 radical (unpaired) electrons. The summed E-state index contributed by atoms with van der Waals surface area (Å²) in [6.07, 6.45) is 1.19. The Hall–Kier alpha value is -1.84. The van der Waals surface area contributed by atoms with Crippen LogP contribution >= 0.6 is 0 Å². The van der Waals surface area contributed by atoms with Crippen molar-refractivity contribution in [2.24, 2.45) is 5.92 Å². The van der Waals surface area contributed by atoms with E-state index in [9.17, 15) is 9.59 Å². The standard InChI is InChI=1S/C16H21NO3/c1-11-9-16(10-11,20-13(3)18)15(19)17-12(2)14-7-5-4-6-8-14/h4-8,11-12H,9-10H2,1-3H3,(H,17,19). The van der Waals surface area contributed by atoms with Crippen molar-refractivity contribution in [2.45, 2.75) is 45.3 Å². The number of esters is 1. The molecule has 0 bridgehead atoms. The molecule has 1 aliphatic rings. The van der Waals surface area contributed by atoms with Crippen molar-refractivity contribution in [3.05, 3.63) is 35.9 Å². The Kier molecular flexibility index (Phi) is 4.12. The zero-order chi connectivity index (χ0) is 14.8. The summed E-state index contributed by atoms with van der Waals surface area (Å²) in [5, 5.41) is 2.95. The van der Waals surface area contributed by atoms with E-state index in [1.807, 2.05) is 37.3 Å². The lowest BCUT2D eigenvalue weighted by Gasteiger charge is -2.44. The van der Waals surface area contributed by atoms with Gasteiger partial charge in [-0.05, 0) is 31.2 Å². The van der Waals surface area contributed by atoms with Gasteiger partial charge in [-0.2, -0.15) is 0 Å². The number of rotatable bonds is 4. The van der Waals surface area contributed by atoms with Crippen molar-refractivity contribution in [1.29, 1.82) is 0 Å². The van der Waals surface area contributed by atoms with Crippen LogP contribution in [0.1, 0.15) is 45.2 Å². The van der Waals surface area contributed by atoms with Crippen LogP contribution in [-0.4, -0.2) is 17.5 Å². The number of carbonyl (C=O) groups excluding carboxylic acids is 2. The van der Waals surface area contributed by atoms with Gasteiger partial charge in [-0.25, -0.2) is 0 Å². The molecule has 108 valence electrons. The van der Waals surface area contributed by atoms with Gasteiger partial charge in [0.25, 0.3) is 5.91 Å². The minimum Gasteiger partial charge on any atom is -0.449 e. The van der Waals surface area contributed by atoms with Gasteiger partial charge >= 0.3 is 5.97 Å². The number of hydrogen-bond donors (Lipinski definition) is 1. The smallest absolute Gasteiger partial charge is 0.303 e. The first kappa shape index (κ1) is 14.6. The third kappa shape index (κ3) is 3.00. The summed E-state index contributed by atoms with van der Waals surface area (Å²) >= 11 is 0. The van der Waals surface area contributed by atoms with Gasteiger partial charge in [-0.15, -0.1) is 0 Å². The maximum absolute atomic E-state index is 12.4. The molecule has 0 saturated heterocycles. The topological polar surface area (TPSA) is 55.4 Å². The molecule has 1 N–H and O–H groups in total. The van der Waals surface area contributed by atoms with E-state index in [2.05, 4.69) is 12.2 Å². The number of benzene rings is 1. The van der Waals surface area contributed by atoms with Crippen molar-refractivity contribution in [3.8, 4) is 0 Å². The van der Waals surface area contributed by atoms with Crippen LogP contribution in [0.15, 0.2) is 30.3 Å². The molecular formula is C16H21NO3. The van der Waals surface area contributed by atoms with Crippen LogP contribution in [0.25, 0.3) is 0 Å². The first-order valence-electron chi connectivity index (χ1n) is 6.98. The molecule has 1 unspecified atom stereocenters. The molecule has 1 aromatic carbocycles. The van der Waals surface area contributed by atoms with Crippen molar-refractivity contribution >= 4 is 11.9 Å². The Balaban J connectivity index is 2.04. The number of hydrogen-bond acceptors (Lipinski definition) is 3. The molecule has 1 aromatic rings. The van der Waals surface area contributed by atoms with Gasteiger partial charge in [0.2, 0.25) is 0 Å². The van der Waals surface area contributed by atoms with Gasteiger partial charge in [-0.1, -0.05) is 37.3 Å². The molecule has 2 rings (SSSR count). The second-order valence-electron chi connectivity index (χ2n) is 5.71. The zero-order valence-corrected chi connectivity index (χ0v) is 12.2. The van der Waals surface area contributed by atoms with Gasteiger partial charge in [0.05, 0.1) is 6.04 Å². The second-order valence-corrected chi connectivity index (χ2v) is 5.71. The first-order chi connectivity index (χ1) is 9.43. The zero-order valence-electron chi connectivity index (χ0n) is 12.2. The highest BCUT2D eigenvalue weighted by Crippen LogP contribution is 2.41. The van der Waals surface area contributed by atoms with Crippen molar-refractivity contribution in [2.75, 3.05) is 0 Å². The Labute approximate surface area is 119 Å². The molecule has 0 spiro atoms. The van der Waals surface area contributed by atoms with Gasteiger partial charge in [0.15, 0.2) is 5.60 Å². The van der Waals surface area contributed by atoms with Gasteiger partial charge in [-0.3, -0.25) is 9.59 Å². The van der Waals surface area contributed by atoms with E-state index in [1.54, 1.807) is 0 Å². The molecule has 1 saturated carbocycles. The Morgan fingerprint density at radius 3 is 2.40 bits per heavy atom. The summed E-state index contributed by atoms with van der Waals surface area (Å²) in [4.78, 5) is 23.6. The first-order valence-corrected chi connectivity index (χ1v) is 6.98. The van der Waals surface area contributed by atoms with Crippen molar-refractivity contribution in [1.82, 2.24) is 5.32 Å². The monoisotopic (exact) mass is 275 g/mol. The molecule has 1 amide bonds. The number of ether oxygens (including phenoxy) is 1. The lowest BCUT2D eigenvalue weighted by molar-refractivity contribution is -0.182. The molecule has 4 heteroatoms. The number of nitrogens with one attached hydrogen (secondary N) is 1. The van der Waals surface area contributed by atoms with Crippen LogP contribution in [0.2, 0.25) is 0 Å². The molecule has 0 heterocycles. The van der Waals surface area contributed by atoms with Crippen LogP contribution < -0.4 is 5.32 Å². The van der Waals surface area contributed by atoms with E-state index in [0.29, 0.717) is 18.8 Å². The highest BCUT2D eigenvalue weighted by molar-refractivity contribution is 5.89. The summed E-state index contributed by atoms with van der Waals surface area (Å²) in [6.45, 7) is 5.32. The molecule has 0 aliphatic heterocycles. The van der Waals surface area contributed by atoms with Crippen LogP contribution in [-0.2, 0) is 14.3 Å². The maximum Gasteiger partial charge on any atom is 0.303 e. The van der Waals surface area contributed by atoms with Crippen LogP contribution in [0.3, 0.4) is 0 Å². The highest BCUT2D eigenvalue weighted by Gasteiger charge is 2.51. The molecule has 1 fully saturated rings. The Morgan fingerprint density at radius 2 is 1.90 bits per heavy atom. The molecule has 0 aromatic heterocycles. The lowest BCUT2D eigenvalue weighted by atomic mass is 9.71. The minimum atomic E-state index is -0.964. The molecular weight excluding hydrogens is 254 g/mol. The quantitative estimate of drug-likeness (QED) is 0.859. The third-order valence-electron chi connectivity index (χ3n) is 3.76. The van der Waals surface area contributed by atoms with Gasteiger partial charge < -0.3 is 10.1 Å². The lowest BCUT2D eigenvalue weighted by Crippen LogP contribution is -2.57. The fraction of sp³-hybridized carbons (Fsp3) is 0.500. The molecule has 4 nitrogen and oxygen atoms in total. The minimum absolute atomic E-state index is 0.105. The fourth-order valence-electron chi connectivity index (χ4n) is 2.81. The molecule has 20 heavy (non-hydrogen) atoms. The average Bonchev–Trinajstić information content (AvgIpc) is 2.36. The largest absolute Gasteiger partial charge is 0.449 e. The van der Waals surface area contributed by atoms with Crippen molar-refractivity contribution < 1.29 is 14.3 Å². The summed E-state index contributed by atoms with van der Waals surface area (Å²) in [5.74, 6) is -0.186. The maximum atomic E-state index is 12.4. The van der Waals surface area contributed by atoms with Crippen molar-refractivity contribution in [3.63, 3.8) is 0 Å². The third-order valence-corrected chi connectivity index (χ3v) is 3.76. The van der Waals surface area contributed by atoms with Gasteiger partial charge in [0.1, 0.15) is 0 Å². The number of amides is 1. The van der Waals surface area contributed by atoms with E-state index in [0.717, 1.165) is 5.56 Å². The summed E-state index contributed by atoms with van der Waals surface area (Å²) in [7, 11) is 0. The SMILES string of the molecule is CC(=O)OC1(C(=O)NC(C)c2ccccc2)CC(C)C1. The van der Waals surface area contributed by atoms with E-state index in [1.165, 1.54) is 6.92 Å². The van der Waals surface area contributed by atoms with Gasteiger partial charge in [0, 0.05) is 6.92 Å². The van der Waals surface area contributed by atoms with E-state index >= 15 is 0 Å². The van der Waals surface area contributed by atoms with E-state index in [-0.39, 0.29) is 11.9 Å². The van der Waals surface area contributed by atoms with Crippen LogP contribution in [0, 0.1) is 5.92 Å². The summed E-state index contributed by atoms with van der Waals surface area (Å²) in [5.41, 5.74) is 0.0695. The summed E-state index contributed by atoms with van der Waals surface area (Å²) in [6, 6.07) is 9.63. The second kappa shape index (κ2) is 5.65. The molecule has 1 atom stereocenters. The van der Waals surface area contributed by atoms with E-state index < -0.39 is 11.6 Å². The summed E-state index contributed by atoms with van der Waals surface area (Å²) < 4.78 is 5.29. The Bertz CT molecular complexity index is 492. The fourth-order valence-corrected chi connectivity index (χ4v) is 2.81. The van der Waals surface area contributed by atoms with Crippen LogP contribution in [0.4, 0.5) is 0 Å². The molecule has 1 aliphatic carbocycles. The van der Waals surface area contributed by atoms with Crippen LogP contribution in [0.5, 0.6) is 0 Å². The normalized spacial score (nSPS) is 26.2. The van der Waals surface area contributed by atoms with E-state index in [4.69, 9.17) is 4.74 Å². The predicted molar refractivity (Wildman–Crippen MR) is 75.9 cm³/mol. The highest BCUT2D eigenvalue weighted by atomic mass is 16.6. The average molecular weight is 275 g/mol. The predicted octanol–water partition coefficient (Wildman–Crippen LogP) is 2.60.